The average molecular weight is 234 g/mol. The molecule has 0 atom stereocenters. The van der Waals surface area contributed by atoms with Crippen LogP contribution in [0.15, 0.2) is 24.3 Å². The van der Waals surface area contributed by atoms with Crippen molar-refractivity contribution in [3.63, 3.8) is 0 Å². The van der Waals surface area contributed by atoms with E-state index in [-0.39, 0.29) is 18.1 Å². The molecule has 92 valence electrons. The van der Waals surface area contributed by atoms with E-state index >= 15 is 0 Å². The minimum Gasteiger partial charge on any atom is -0.399 e. The van der Waals surface area contributed by atoms with Crippen LogP contribution < -0.4 is 11.1 Å². The molecule has 0 radical (unpaired) electrons. The van der Waals surface area contributed by atoms with Gasteiger partial charge in [-0.05, 0) is 37.0 Å². The van der Waals surface area contributed by atoms with Gasteiger partial charge in [0.2, 0.25) is 5.91 Å². The maximum Gasteiger partial charge on any atom is 0.220 e. The molecule has 1 amide bonds. The van der Waals surface area contributed by atoms with E-state index in [0.29, 0.717) is 19.3 Å². The van der Waals surface area contributed by atoms with Gasteiger partial charge in [-0.25, -0.2) is 0 Å². The van der Waals surface area contributed by atoms with Gasteiger partial charge in [-0.1, -0.05) is 12.1 Å². The molecule has 1 aromatic rings. The number of amides is 1. The van der Waals surface area contributed by atoms with Gasteiger partial charge in [-0.3, -0.25) is 4.79 Å². The summed E-state index contributed by atoms with van der Waals surface area (Å²) in [4.78, 5) is 11.6. The van der Waals surface area contributed by atoms with Crippen LogP contribution in [0.3, 0.4) is 0 Å². The summed E-state index contributed by atoms with van der Waals surface area (Å²) in [5.41, 5.74) is 7.44. The zero-order valence-electron chi connectivity index (χ0n) is 9.73. The third-order valence-corrected chi connectivity index (χ3v) is 3.10. The van der Waals surface area contributed by atoms with E-state index in [9.17, 15) is 4.79 Å². The molecule has 2 rings (SSSR count). The number of rotatable bonds is 4. The fourth-order valence-corrected chi connectivity index (χ4v) is 1.95. The monoisotopic (exact) mass is 234 g/mol. The van der Waals surface area contributed by atoms with Crippen molar-refractivity contribution in [1.82, 2.24) is 5.32 Å². The molecule has 0 unspecified atom stereocenters. The van der Waals surface area contributed by atoms with Crippen molar-refractivity contribution in [2.24, 2.45) is 0 Å². The highest BCUT2D eigenvalue weighted by molar-refractivity contribution is 5.76. The van der Waals surface area contributed by atoms with Crippen LogP contribution in [0.4, 0.5) is 5.69 Å². The van der Waals surface area contributed by atoms with Crippen molar-refractivity contribution in [3.05, 3.63) is 29.8 Å². The number of benzene rings is 1. The Balaban J connectivity index is 1.70. The van der Waals surface area contributed by atoms with Crippen molar-refractivity contribution in [2.75, 3.05) is 5.73 Å². The van der Waals surface area contributed by atoms with Gasteiger partial charge in [0.05, 0.1) is 6.10 Å². The summed E-state index contributed by atoms with van der Waals surface area (Å²) in [6.45, 7) is 0. The first kappa shape index (κ1) is 11.9. The highest BCUT2D eigenvalue weighted by Gasteiger charge is 2.27. The number of nitrogen functional groups attached to an aromatic ring is 1. The number of nitrogens with two attached hydrogens (primary N) is 1. The lowest BCUT2D eigenvalue weighted by atomic mass is 9.89. The number of aryl methyl sites for hydroxylation is 1. The lowest BCUT2D eigenvalue weighted by Crippen LogP contribution is -2.46. The molecule has 0 aromatic heterocycles. The molecule has 0 saturated heterocycles. The summed E-state index contributed by atoms with van der Waals surface area (Å²) >= 11 is 0. The maximum absolute atomic E-state index is 11.6. The van der Waals surface area contributed by atoms with E-state index in [4.69, 9.17) is 10.8 Å². The van der Waals surface area contributed by atoms with Crippen LogP contribution in [-0.4, -0.2) is 23.2 Å². The second-order valence-corrected chi connectivity index (χ2v) is 4.63. The SMILES string of the molecule is Nc1ccc(CCC(=O)NC2CC(O)C2)cc1. The molecular weight excluding hydrogens is 216 g/mol. The minimum atomic E-state index is -0.225. The Morgan fingerprint density at radius 1 is 1.35 bits per heavy atom. The van der Waals surface area contributed by atoms with Gasteiger partial charge in [0.1, 0.15) is 0 Å². The molecule has 1 aliphatic carbocycles. The van der Waals surface area contributed by atoms with Crippen LogP contribution in [0.5, 0.6) is 0 Å². The second kappa shape index (κ2) is 5.19. The summed E-state index contributed by atoms with van der Waals surface area (Å²) in [7, 11) is 0. The number of nitrogens with one attached hydrogen (secondary N) is 1. The Morgan fingerprint density at radius 2 is 2.00 bits per heavy atom. The molecule has 1 aliphatic rings. The summed E-state index contributed by atoms with van der Waals surface area (Å²) < 4.78 is 0. The Labute approximate surface area is 101 Å². The van der Waals surface area contributed by atoms with Crippen molar-refractivity contribution in [1.29, 1.82) is 0 Å². The maximum atomic E-state index is 11.6. The number of hydrogen-bond donors (Lipinski definition) is 3. The Morgan fingerprint density at radius 3 is 2.59 bits per heavy atom. The molecule has 1 fully saturated rings. The van der Waals surface area contributed by atoms with E-state index in [1.807, 2.05) is 24.3 Å². The molecule has 1 aromatic carbocycles. The van der Waals surface area contributed by atoms with Gasteiger partial charge in [-0.2, -0.15) is 0 Å². The third-order valence-electron chi connectivity index (χ3n) is 3.10. The van der Waals surface area contributed by atoms with Crippen molar-refractivity contribution in [2.45, 2.75) is 37.8 Å². The molecule has 0 aliphatic heterocycles. The highest BCUT2D eigenvalue weighted by atomic mass is 16.3. The predicted octanol–water partition coefficient (Wildman–Crippen LogP) is 0.841. The smallest absolute Gasteiger partial charge is 0.220 e. The highest BCUT2D eigenvalue weighted by Crippen LogP contribution is 2.19. The van der Waals surface area contributed by atoms with Crippen molar-refractivity contribution >= 4 is 11.6 Å². The van der Waals surface area contributed by atoms with Gasteiger partial charge >= 0.3 is 0 Å². The lowest BCUT2D eigenvalue weighted by Gasteiger charge is -2.31. The van der Waals surface area contributed by atoms with E-state index in [1.54, 1.807) is 0 Å². The number of carbonyl (C=O) groups excluding carboxylic acids is 1. The summed E-state index contributed by atoms with van der Waals surface area (Å²) in [6, 6.07) is 7.74. The Kier molecular flexibility index (Phi) is 3.64. The van der Waals surface area contributed by atoms with Crippen LogP contribution >= 0.6 is 0 Å². The first-order valence-electron chi connectivity index (χ1n) is 5.95. The van der Waals surface area contributed by atoms with Gasteiger partial charge in [-0.15, -0.1) is 0 Å². The number of carbonyl (C=O) groups is 1. The minimum absolute atomic E-state index is 0.0544. The summed E-state index contributed by atoms with van der Waals surface area (Å²) in [5, 5.41) is 12.0. The first-order chi connectivity index (χ1) is 8.13. The molecule has 0 bridgehead atoms. The fourth-order valence-electron chi connectivity index (χ4n) is 1.95. The molecule has 4 N–H and O–H groups in total. The number of anilines is 1. The van der Waals surface area contributed by atoms with Crippen LogP contribution in [0.2, 0.25) is 0 Å². The lowest BCUT2D eigenvalue weighted by molar-refractivity contribution is -0.123. The van der Waals surface area contributed by atoms with Crippen LogP contribution in [0.1, 0.15) is 24.8 Å². The molecule has 0 spiro atoms. The van der Waals surface area contributed by atoms with E-state index in [2.05, 4.69) is 5.32 Å². The molecule has 4 nitrogen and oxygen atoms in total. The standard InChI is InChI=1S/C13H18N2O2/c14-10-4-1-9(2-5-10)3-6-13(17)15-11-7-12(16)8-11/h1-2,4-5,11-12,16H,3,6-8,14H2,(H,15,17). The van der Waals surface area contributed by atoms with Crippen LogP contribution in [0.25, 0.3) is 0 Å². The average Bonchev–Trinajstić information content (AvgIpc) is 2.26. The molecular formula is C13H18N2O2. The number of aliphatic hydroxyl groups excluding tert-OH is 1. The molecule has 4 heteroatoms. The van der Waals surface area contributed by atoms with E-state index < -0.39 is 0 Å². The van der Waals surface area contributed by atoms with Gasteiger partial charge in [0.25, 0.3) is 0 Å². The fraction of sp³-hybridized carbons (Fsp3) is 0.462. The Bertz CT molecular complexity index is 383. The van der Waals surface area contributed by atoms with Crippen molar-refractivity contribution < 1.29 is 9.90 Å². The predicted molar refractivity (Wildman–Crippen MR) is 66.3 cm³/mol. The second-order valence-electron chi connectivity index (χ2n) is 4.63. The third kappa shape index (κ3) is 3.46. The van der Waals surface area contributed by atoms with Gasteiger partial charge < -0.3 is 16.2 Å². The number of aliphatic hydroxyl groups is 1. The van der Waals surface area contributed by atoms with Gasteiger partial charge in [0, 0.05) is 18.2 Å². The zero-order valence-corrected chi connectivity index (χ0v) is 9.73. The zero-order chi connectivity index (χ0) is 12.3. The topological polar surface area (TPSA) is 75.4 Å². The van der Waals surface area contributed by atoms with E-state index in [0.717, 1.165) is 17.7 Å². The van der Waals surface area contributed by atoms with Crippen LogP contribution in [0, 0.1) is 0 Å². The Hall–Kier alpha value is -1.55. The molecule has 17 heavy (non-hydrogen) atoms. The van der Waals surface area contributed by atoms with Crippen LogP contribution in [-0.2, 0) is 11.2 Å². The summed E-state index contributed by atoms with van der Waals surface area (Å²) in [5.74, 6) is 0.0544. The summed E-state index contributed by atoms with van der Waals surface area (Å²) in [6.07, 6.45) is 2.36. The van der Waals surface area contributed by atoms with Gasteiger partial charge in [0.15, 0.2) is 0 Å². The largest absolute Gasteiger partial charge is 0.399 e. The first-order valence-corrected chi connectivity index (χ1v) is 5.95. The molecule has 0 heterocycles. The number of hydrogen-bond acceptors (Lipinski definition) is 3. The van der Waals surface area contributed by atoms with E-state index in [1.165, 1.54) is 0 Å². The quantitative estimate of drug-likeness (QED) is 0.676. The molecule has 1 saturated carbocycles. The van der Waals surface area contributed by atoms with Crippen molar-refractivity contribution in [3.8, 4) is 0 Å². The normalized spacial score (nSPS) is 22.9.